The number of carbonyl (C=O) groups is 1. The van der Waals surface area contributed by atoms with Gasteiger partial charge in [0.1, 0.15) is 6.33 Å². The summed E-state index contributed by atoms with van der Waals surface area (Å²) in [5.41, 5.74) is 0. The van der Waals surface area contributed by atoms with Crippen LogP contribution in [0.15, 0.2) is 6.33 Å². The van der Waals surface area contributed by atoms with Gasteiger partial charge in [-0.3, -0.25) is 4.79 Å². The number of carbonyl (C=O) groups excluding carboxylic acids is 1. The Morgan fingerprint density at radius 2 is 1.95 bits per heavy atom. The summed E-state index contributed by atoms with van der Waals surface area (Å²) in [7, 11) is 0. The first kappa shape index (κ1) is 13.9. The van der Waals surface area contributed by atoms with Crippen LogP contribution in [0.4, 0.5) is 0 Å². The van der Waals surface area contributed by atoms with Gasteiger partial charge >= 0.3 is 0 Å². The first-order valence-electron chi connectivity index (χ1n) is 7.40. The Balaban J connectivity index is 1.46. The summed E-state index contributed by atoms with van der Waals surface area (Å²) in [6.07, 6.45) is 5.94. The smallest absolute Gasteiger partial charge is 0.225 e. The van der Waals surface area contributed by atoms with Crippen LogP contribution in [-0.4, -0.2) is 55.6 Å². The van der Waals surface area contributed by atoms with Crippen LogP contribution in [0, 0.1) is 11.8 Å². The van der Waals surface area contributed by atoms with E-state index in [0.717, 1.165) is 56.8 Å². The summed E-state index contributed by atoms with van der Waals surface area (Å²) in [6.45, 7) is 2.76. The molecule has 7 heteroatoms. The number of amides is 1. The van der Waals surface area contributed by atoms with E-state index in [1.54, 1.807) is 11.0 Å². The van der Waals surface area contributed by atoms with E-state index in [9.17, 15) is 4.79 Å². The number of tetrazole rings is 1. The fraction of sp³-hybridized carbons (Fsp3) is 0.846. The zero-order valence-electron chi connectivity index (χ0n) is 11.6. The number of aromatic nitrogens is 4. The Bertz CT molecular complexity index is 424. The summed E-state index contributed by atoms with van der Waals surface area (Å²) in [5, 5.41) is 11.2. The van der Waals surface area contributed by atoms with Crippen LogP contribution in [0.5, 0.6) is 0 Å². The van der Waals surface area contributed by atoms with E-state index in [2.05, 4.69) is 20.4 Å². The molecule has 1 aromatic heterocycles. The zero-order valence-corrected chi connectivity index (χ0v) is 12.5. The fourth-order valence-electron chi connectivity index (χ4n) is 3.16. The lowest BCUT2D eigenvalue weighted by atomic mass is 9.81. The van der Waals surface area contributed by atoms with Crippen molar-refractivity contribution < 1.29 is 4.79 Å². The highest BCUT2D eigenvalue weighted by Crippen LogP contribution is 2.31. The standard InChI is InChI=1S/C13H21N5OS/c19-13(17-5-7-20-8-6-17)12-3-1-11(2-4-12)9-18-10-14-15-16-18/h10-12H,1-9H2. The van der Waals surface area contributed by atoms with Crippen LogP contribution in [0.3, 0.4) is 0 Å². The van der Waals surface area contributed by atoms with Crippen LogP contribution in [0.2, 0.25) is 0 Å². The Kier molecular flexibility index (Phi) is 4.54. The van der Waals surface area contributed by atoms with Gasteiger partial charge < -0.3 is 4.90 Å². The second kappa shape index (κ2) is 6.56. The monoisotopic (exact) mass is 295 g/mol. The van der Waals surface area contributed by atoms with Gasteiger partial charge in [0.25, 0.3) is 0 Å². The van der Waals surface area contributed by atoms with Crippen LogP contribution in [0.1, 0.15) is 25.7 Å². The number of hydrogen-bond donors (Lipinski definition) is 0. The predicted molar refractivity (Wildman–Crippen MR) is 77.2 cm³/mol. The molecule has 0 spiro atoms. The van der Waals surface area contributed by atoms with Gasteiger partial charge in [0.2, 0.25) is 5.91 Å². The molecule has 2 fully saturated rings. The molecule has 1 amide bonds. The maximum Gasteiger partial charge on any atom is 0.225 e. The largest absolute Gasteiger partial charge is 0.341 e. The summed E-state index contributed by atoms with van der Waals surface area (Å²) in [5.74, 6) is 3.45. The number of nitrogens with zero attached hydrogens (tertiary/aromatic N) is 5. The van der Waals surface area contributed by atoms with Gasteiger partial charge in [-0.25, -0.2) is 4.68 Å². The normalized spacial score (nSPS) is 27.5. The maximum atomic E-state index is 12.5. The van der Waals surface area contributed by atoms with E-state index in [1.807, 2.05) is 11.8 Å². The van der Waals surface area contributed by atoms with Crippen LogP contribution in [0.25, 0.3) is 0 Å². The SMILES string of the molecule is O=C(C1CCC(Cn2cnnn2)CC1)N1CCSCC1. The van der Waals surface area contributed by atoms with E-state index in [-0.39, 0.29) is 5.92 Å². The van der Waals surface area contributed by atoms with Crippen molar-refractivity contribution in [2.24, 2.45) is 11.8 Å². The van der Waals surface area contributed by atoms with Crippen LogP contribution in [-0.2, 0) is 11.3 Å². The second-order valence-electron chi connectivity index (χ2n) is 5.69. The van der Waals surface area contributed by atoms with Gasteiger partial charge in [-0.2, -0.15) is 11.8 Å². The Labute approximate surface area is 123 Å². The molecule has 0 N–H and O–H groups in total. The lowest BCUT2D eigenvalue weighted by Crippen LogP contribution is -2.42. The van der Waals surface area contributed by atoms with Gasteiger partial charge in [0.15, 0.2) is 0 Å². The molecule has 6 nitrogen and oxygen atoms in total. The minimum Gasteiger partial charge on any atom is -0.341 e. The van der Waals surface area contributed by atoms with Crippen molar-refractivity contribution in [1.82, 2.24) is 25.1 Å². The van der Waals surface area contributed by atoms with Crippen molar-refractivity contribution >= 4 is 17.7 Å². The van der Waals surface area contributed by atoms with Crippen LogP contribution >= 0.6 is 11.8 Å². The van der Waals surface area contributed by atoms with Crippen molar-refractivity contribution in [3.63, 3.8) is 0 Å². The van der Waals surface area contributed by atoms with E-state index < -0.39 is 0 Å². The average molecular weight is 295 g/mol. The molecule has 1 aliphatic heterocycles. The molecule has 1 saturated carbocycles. The van der Waals surface area contributed by atoms with Gasteiger partial charge in [0.05, 0.1) is 0 Å². The molecular weight excluding hydrogens is 274 g/mol. The molecule has 0 atom stereocenters. The first-order valence-corrected chi connectivity index (χ1v) is 8.55. The summed E-state index contributed by atoms with van der Waals surface area (Å²) < 4.78 is 1.80. The molecule has 2 heterocycles. The maximum absolute atomic E-state index is 12.5. The number of rotatable bonds is 3. The molecular formula is C13H21N5OS. The van der Waals surface area contributed by atoms with Gasteiger partial charge in [-0.05, 0) is 42.0 Å². The van der Waals surface area contributed by atoms with Gasteiger partial charge in [-0.15, -0.1) is 5.10 Å². The number of hydrogen-bond acceptors (Lipinski definition) is 5. The van der Waals surface area contributed by atoms with Crippen molar-refractivity contribution in [3.05, 3.63) is 6.33 Å². The predicted octanol–water partition coefficient (Wildman–Crippen LogP) is 1.05. The molecule has 2 aliphatic rings. The van der Waals surface area contributed by atoms with Crippen molar-refractivity contribution in [3.8, 4) is 0 Å². The highest BCUT2D eigenvalue weighted by atomic mass is 32.2. The third-order valence-corrected chi connectivity index (χ3v) is 5.30. The van der Waals surface area contributed by atoms with Crippen molar-refractivity contribution in [2.45, 2.75) is 32.2 Å². The Morgan fingerprint density at radius 1 is 1.20 bits per heavy atom. The third-order valence-electron chi connectivity index (χ3n) is 4.36. The minimum atomic E-state index is 0.253. The average Bonchev–Trinajstić information content (AvgIpc) is 3.01. The summed E-state index contributed by atoms with van der Waals surface area (Å²) in [6, 6.07) is 0. The molecule has 0 unspecified atom stereocenters. The number of thioether (sulfide) groups is 1. The van der Waals surface area contributed by atoms with Gasteiger partial charge in [0, 0.05) is 37.1 Å². The van der Waals surface area contributed by atoms with Crippen LogP contribution < -0.4 is 0 Å². The molecule has 1 saturated heterocycles. The van der Waals surface area contributed by atoms with Gasteiger partial charge in [-0.1, -0.05) is 0 Å². The fourth-order valence-corrected chi connectivity index (χ4v) is 4.07. The molecule has 20 heavy (non-hydrogen) atoms. The third kappa shape index (κ3) is 3.31. The highest BCUT2D eigenvalue weighted by Gasteiger charge is 2.30. The highest BCUT2D eigenvalue weighted by molar-refractivity contribution is 7.99. The lowest BCUT2D eigenvalue weighted by molar-refractivity contribution is -0.136. The molecule has 3 rings (SSSR count). The topological polar surface area (TPSA) is 63.9 Å². The van der Waals surface area contributed by atoms with Crippen molar-refractivity contribution in [2.75, 3.05) is 24.6 Å². The Hall–Kier alpha value is -1.11. The van der Waals surface area contributed by atoms with E-state index >= 15 is 0 Å². The first-order chi connectivity index (χ1) is 9.83. The summed E-state index contributed by atoms with van der Waals surface area (Å²) >= 11 is 1.95. The van der Waals surface area contributed by atoms with E-state index in [1.165, 1.54) is 0 Å². The quantitative estimate of drug-likeness (QED) is 0.834. The second-order valence-corrected chi connectivity index (χ2v) is 6.91. The molecule has 1 aromatic rings. The van der Waals surface area contributed by atoms with Crippen molar-refractivity contribution in [1.29, 1.82) is 0 Å². The van der Waals surface area contributed by atoms with E-state index in [0.29, 0.717) is 11.8 Å². The molecule has 110 valence electrons. The lowest BCUT2D eigenvalue weighted by Gasteiger charge is -2.33. The van der Waals surface area contributed by atoms with E-state index in [4.69, 9.17) is 0 Å². The molecule has 0 radical (unpaired) electrons. The molecule has 0 bridgehead atoms. The summed E-state index contributed by atoms with van der Waals surface area (Å²) in [4.78, 5) is 14.5. The molecule has 1 aliphatic carbocycles. The zero-order chi connectivity index (χ0) is 13.8. The molecule has 0 aromatic carbocycles. The minimum absolute atomic E-state index is 0.253. The Morgan fingerprint density at radius 3 is 2.60 bits per heavy atom.